The highest BCUT2D eigenvalue weighted by Gasteiger charge is 2.11. The van der Waals surface area contributed by atoms with Gasteiger partial charge in [-0.05, 0) is 19.1 Å². The maximum Gasteiger partial charge on any atom is 0.344 e. The van der Waals surface area contributed by atoms with Crippen molar-refractivity contribution in [1.29, 1.82) is 0 Å². The topological polar surface area (TPSA) is 110 Å². The molecule has 0 aliphatic heterocycles. The molecule has 0 heterocycles. The highest BCUT2D eigenvalue weighted by Crippen LogP contribution is 2.10. The average molecular weight is 280 g/mol. The normalized spacial score (nSPS) is 9.65. The zero-order valence-corrected chi connectivity index (χ0v) is 11.2. The molecule has 2 aromatic carbocycles. The molecule has 20 heavy (non-hydrogen) atoms. The summed E-state index contributed by atoms with van der Waals surface area (Å²) in [6.45, 7) is 1.50. The van der Waals surface area contributed by atoms with Gasteiger partial charge in [0, 0.05) is 0 Å². The van der Waals surface area contributed by atoms with Crippen molar-refractivity contribution in [1.82, 2.24) is 0 Å². The molecule has 1 atom stereocenters. The minimum Gasteiger partial charge on any atom is -0.479 e. The lowest BCUT2D eigenvalue weighted by atomic mass is 10.3. The smallest absolute Gasteiger partial charge is 0.344 e. The fourth-order valence-corrected chi connectivity index (χ4v) is 1.14. The predicted molar refractivity (Wildman–Crippen MR) is 77.8 cm³/mol. The number of rotatable bonds is 3. The number of carboxylic acids is 1. The zero-order chi connectivity index (χ0) is 13.2. The van der Waals surface area contributed by atoms with Gasteiger partial charge in [0.15, 0.2) is 6.10 Å². The number of hydrogen-bond donors (Lipinski definition) is 1. The van der Waals surface area contributed by atoms with Crippen molar-refractivity contribution in [3.63, 3.8) is 0 Å². The summed E-state index contributed by atoms with van der Waals surface area (Å²) < 4.78 is 5.08. The van der Waals surface area contributed by atoms with E-state index >= 15 is 0 Å². The fraction of sp³-hybridized carbons (Fsp3) is 0.133. The van der Waals surface area contributed by atoms with Crippen LogP contribution >= 0.6 is 0 Å². The van der Waals surface area contributed by atoms with E-state index in [2.05, 4.69) is 0 Å². The van der Waals surface area contributed by atoms with Crippen LogP contribution in [0.3, 0.4) is 0 Å². The molecule has 0 aliphatic carbocycles. The molecule has 110 valence electrons. The van der Waals surface area contributed by atoms with Crippen molar-refractivity contribution < 1.29 is 25.6 Å². The standard InChI is InChI=1S/C9H10O3.C6H6.2H2O/c1-7(9(10)11)12-8-5-3-2-4-6-8;1-2-4-6-5-3-1;;/h2-7H,1H3,(H,10,11);1-6H;2*1H2. The van der Waals surface area contributed by atoms with E-state index in [1.807, 2.05) is 42.5 Å². The molecule has 5 nitrogen and oxygen atoms in total. The maximum absolute atomic E-state index is 10.4. The quantitative estimate of drug-likeness (QED) is 0.921. The Balaban J connectivity index is 0. The van der Waals surface area contributed by atoms with Crippen LogP contribution < -0.4 is 4.74 Å². The lowest BCUT2D eigenvalue weighted by Crippen LogP contribution is -2.22. The Bertz CT molecular complexity index is 418. The fourth-order valence-electron chi connectivity index (χ4n) is 1.14. The van der Waals surface area contributed by atoms with Crippen molar-refractivity contribution in [2.24, 2.45) is 0 Å². The molecular weight excluding hydrogens is 260 g/mol. The highest BCUT2D eigenvalue weighted by atomic mass is 16.5. The summed E-state index contributed by atoms with van der Waals surface area (Å²) in [5.74, 6) is -0.383. The first-order chi connectivity index (χ1) is 8.70. The summed E-state index contributed by atoms with van der Waals surface area (Å²) in [5, 5.41) is 8.52. The molecule has 0 saturated heterocycles. The lowest BCUT2D eigenvalue weighted by Gasteiger charge is -2.09. The SMILES string of the molecule is CC(Oc1ccccc1)C(=O)O.O.O.c1ccccc1. The van der Waals surface area contributed by atoms with Crippen molar-refractivity contribution in [2.75, 3.05) is 0 Å². The largest absolute Gasteiger partial charge is 0.479 e. The van der Waals surface area contributed by atoms with Crippen LogP contribution in [0.2, 0.25) is 0 Å². The van der Waals surface area contributed by atoms with E-state index in [4.69, 9.17) is 9.84 Å². The van der Waals surface area contributed by atoms with Crippen LogP contribution in [-0.4, -0.2) is 28.1 Å². The van der Waals surface area contributed by atoms with E-state index in [9.17, 15) is 4.79 Å². The molecule has 0 aliphatic rings. The Morgan fingerprint density at radius 2 is 1.25 bits per heavy atom. The molecule has 2 aromatic rings. The predicted octanol–water partition coefficient (Wildman–Crippen LogP) is 1.58. The molecular formula is C15H20O5. The summed E-state index contributed by atoms with van der Waals surface area (Å²) in [5.41, 5.74) is 0. The van der Waals surface area contributed by atoms with Gasteiger partial charge in [0.05, 0.1) is 0 Å². The minimum atomic E-state index is -0.959. The molecule has 0 aromatic heterocycles. The Morgan fingerprint density at radius 3 is 1.60 bits per heavy atom. The summed E-state index contributed by atoms with van der Waals surface area (Å²) >= 11 is 0. The van der Waals surface area contributed by atoms with Crippen LogP contribution in [0.15, 0.2) is 66.7 Å². The second kappa shape index (κ2) is 11.7. The molecule has 0 amide bonds. The molecule has 0 spiro atoms. The average Bonchev–Trinajstić information content (AvgIpc) is 2.42. The van der Waals surface area contributed by atoms with Gasteiger partial charge < -0.3 is 20.8 Å². The Morgan fingerprint density at radius 1 is 0.900 bits per heavy atom. The monoisotopic (exact) mass is 280 g/mol. The van der Waals surface area contributed by atoms with Crippen LogP contribution in [0.5, 0.6) is 5.75 Å². The molecule has 0 fully saturated rings. The summed E-state index contributed by atoms with van der Waals surface area (Å²) in [4.78, 5) is 10.4. The van der Waals surface area contributed by atoms with Gasteiger partial charge >= 0.3 is 5.97 Å². The highest BCUT2D eigenvalue weighted by molar-refractivity contribution is 5.72. The maximum atomic E-state index is 10.4. The van der Waals surface area contributed by atoms with Crippen molar-refractivity contribution in [3.05, 3.63) is 66.7 Å². The number of ether oxygens (including phenoxy) is 1. The summed E-state index contributed by atoms with van der Waals surface area (Å²) in [7, 11) is 0. The molecule has 2 rings (SSSR count). The van der Waals surface area contributed by atoms with Crippen LogP contribution in [0.4, 0.5) is 0 Å². The zero-order valence-electron chi connectivity index (χ0n) is 11.2. The third-order valence-electron chi connectivity index (χ3n) is 2.07. The Kier molecular flexibility index (Phi) is 11.7. The first-order valence-electron chi connectivity index (χ1n) is 5.64. The minimum absolute atomic E-state index is 0. The molecule has 1 unspecified atom stereocenters. The second-order valence-corrected chi connectivity index (χ2v) is 3.57. The van der Waals surface area contributed by atoms with Gasteiger partial charge in [0.2, 0.25) is 0 Å². The molecule has 0 bridgehead atoms. The first-order valence-corrected chi connectivity index (χ1v) is 5.64. The van der Waals surface area contributed by atoms with E-state index in [0.29, 0.717) is 5.75 Å². The number of carbonyl (C=O) groups is 1. The van der Waals surface area contributed by atoms with E-state index < -0.39 is 12.1 Å². The van der Waals surface area contributed by atoms with Gasteiger partial charge in [-0.3, -0.25) is 0 Å². The number of carboxylic acid groups (broad SMARTS) is 1. The second-order valence-electron chi connectivity index (χ2n) is 3.57. The Labute approximate surface area is 118 Å². The molecule has 0 radical (unpaired) electrons. The van der Waals surface area contributed by atoms with Crippen LogP contribution in [0, 0.1) is 0 Å². The van der Waals surface area contributed by atoms with Gasteiger partial charge in [-0.2, -0.15) is 0 Å². The number of hydrogen-bond acceptors (Lipinski definition) is 2. The van der Waals surface area contributed by atoms with Gasteiger partial charge in [0.1, 0.15) is 5.75 Å². The molecule has 0 saturated carbocycles. The third-order valence-corrected chi connectivity index (χ3v) is 2.07. The van der Waals surface area contributed by atoms with Gasteiger partial charge in [-0.1, -0.05) is 54.6 Å². The van der Waals surface area contributed by atoms with Crippen molar-refractivity contribution in [3.8, 4) is 5.75 Å². The summed E-state index contributed by atoms with van der Waals surface area (Å²) in [6.07, 6.45) is -0.799. The lowest BCUT2D eigenvalue weighted by molar-refractivity contribution is -0.144. The Hall–Kier alpha value is -2.37. The first kappa shape index (κ1) is 20.0. The van der Waals surface area contributed by atoms with Gasteiger partial charge in [0.25, 0.3) is 0 Å². The van der Waals surface area contributed by atoms with E-state index in [1.165, 1.54) is 6.92 Å². The van der Waals surface area contributed by atoms with Crippen molar-refractivity contribution >= 4 is 5.97 Å². The molecule has 5 heteroatoms. The van der Waals surface area contributed by atoms with E-state index in [1.54, 1.807) is 24.3 Å². The number of aliphatic carboxylic acids is 1. The van der Waals surface area contributed by atoms with Crippen LogP contribution in [0.25, 0.3) is 0 Å². The van der Waals surface area contributed by atoms with Crippen LogP contribution in [-0.2, 0) is 4.79 Å². The third kappa shape index (κ3) is 8.68. The van der Waals surface area contributed by atoms with Crippen LogP contribution in [0.1, 0.15) is 6.92 Å². The van der Waals surface area contributed by atoms with Gasteiger partial charge in [-0.25, -0.2) is 4.79 Å². The number of para-hydroxylation sites is 1. The summed E-state index contributed by atoms with van der Waals surface area (Å²) in [6, 6.07) is 20.9. The van der Waals surface area contributed by atoms with Crippen molar-refractivity contribution in [2.45, 2.75) is 13.0 Å². The van der Waals surface area contributed by atoms with Gasteiger partial charge in [-0.15, -0.1) is 0 Å². The number of benzene rings is 2. The van der Waals surface area contributed by atoms with E-state index in [-0.39, 0.29) is 11.0 Å². The molecule has 5 N–H and O–H groups in total. The van der Waals surface area contributed by atoms with E-state index in [0.717, 1.165) is 0 Å².